The van der Waals surface area contributed by atoms with Crippen LogP contribution in [0.4, 0.5) is 0 Å². The zero-order chi connectivity index (χ0) is 13.9. The van der Waals surface area contributed by atoms with Crippen LogP contribution >= 0.6 is 11.6 Å². The van der Waals surface area contributed by atoms with E-state index in [0.29, 0.717) is 16.3 Å². The molecule has 3 nitrogen and oxygen atoms in total. The van der Waals surface area contributed by atoms with E-state index in [1.807, 2.05) is 42.5 Å². The Bertz CT molecular complexity index is 768. The van der Waals surface area contributed by atoms with E-state index < -0.39 is 0 Å². The molecule has 0 unspecified atom stereocenters. The van der Waals surface area contributed by atoms with Gasteiger partial charge in [-0.15, -0.1) is 0 Å². The summed E-state index contributed by atoms with van der Waals surface area (Å²) >= 11 is 5.88. The summed E-state index contributed by atoms with van der Waals surface area (Å²) in [7, 11) is 0. The molecule has 3 rings (SSSR count). The van der Waals surface area contributed by atoms with Crippen LogP contribution in [0, 0.1) is 11.3 Å². The summed E-state index contributed by atoms with van der Waals surface area (Å²) in [6.45, 7) is 0. The monoisotopic (exact) mass is 279 g/mol. The van der Waals surface area contributed by atoms with Crippen molar-refractivity contribution < 1.29 is 0 Å². The van der Waals surface area contributed by atoms with Crippen molar-refractivity contribution in [3.05, 3.63) is 71.4 Å². The molecule has 0 saturated heterocycles. The van der Waals surface area contributed by atoms with Gasteiger partial charge in [-0.05, 0) is 24.3 Å². The van der Waals surface area contributed by atoms with Crippen LogP contribution in [0.25, 0.3) is 16.9 Å². The first-order valence-corrected chi connectivity index (χ1v) is 6.47. The number of nitriles is 1. The molecule has 0 N–H and O–H groups in total. The Kier molecular flexibility index (Phi) is 3.24. The fourth-order valence-electron chi connectivity index (χ4n) is 1.99. The number of hydrogen-bond donors (Lipinski definition) is 0. The second-order valence-corrected chi connectivity index (χ2v) is 4.73. The number of halogens is 1. The predicted molar refractivity (Wildman–Crippen MR) is 78.7 cm³/mol. The molecule has 2 aromatic carbocycles. The van der Waals surface area contributed by atoms with E-state index in [1.165, 1.54) is 0 Å². The zero-order valence-corrected chi connectivity index (χ0v) is 11.2. The minimum atomic E-state index is 0.538. The van der Waals surface area contributed by atoms with Crippen molar-refractivity contribution in [2.24, 2.45) is 0 Å². The van der Waals surface area contributed by atoms with Crippen LogP contribution in [0.1, 0.15) is 5.56 Å². The van der Waals surface area contributed by atoms with Crippen LogP contribution in [0.3, 0.4) is 0 Å². The Balaban J connectivity index is 2.11. The van der Waals surface area contributed by atoms with Crippen LogP contribution in [0.2, 0.25) is 5.02 Å². The molecule has 20 heavy (non-hydrogen) atoms. The lowest BCUT2D eigenvalue weighted by atomic mass is 10.1. The van der Waals surface area contributed by atoms with Crippen LogP contribution in [-0.4, -0.2) is 9.78 Å². The molecule has 0 spiro atoms. The van der Waals surface area contributed by atoms with Gasteiger partial charge in [0.15, 0.2) is 0 Å². The molecule has 0 bridgehead atoms. The van der Waals surface area contributed by atoms with Crippen molar-refractivity contribution in [1.82, 2.24) is 9.78 Å². The molecule has 0 atom stereocenters. The van der Waals surface area contributed by atoms with Gasteiger partial charge in [0.2, 0.25) is 0 Å². The Morgan fingerprint density at radius 2 is 1.70 bits per heavy atom. The molecule has 3 aromatic rings. The fourth-order valence-corrected chi connectivity index (χ4v) is 2.12. The molecule has 0 aliphatic rings. The highest BCUT2D eigenvalue weighted by atomic mass is 35.5. The highest BCUT2D eigenvalue weighted by Crippen LogP contribution is 2.24. The molecule has 96 valence electrons. The molecule has 0 aliphatic carbocycles. The summed E-state index contributed by atoms with van der Waals surface area (Å²) in [5.41, 5.74) is 2.99. The van der Waals surface area contributed by atoms with Crippen molar-refractivity contribution in [2.45, 2.75) is 0 Å². The average Bonchev–Trinajstić information content (AvgIpc) is 2.93. The second kappa shape index (κ2) is 5.20. The molecule has 0 aliphatic heterocycles. The first-order valence-electron chi connectivity index (χ1n) is 6.09. The van der Waals surface area contributed by atoms with E-state index in [1.54, 1.807) is 23.0 Å². The molecular weight excluding hydrogens is 270 g/mol. The van der Waals surface area contributed by atoms with E-state index >= 15 is 0 Å². The number of rotatable bonds is 2. The number of para-hydroxylation sites is 1. The first kappa shape index (κ1) is 12.5. The minimum absolute atomic E-state index is 0.538. The third kappa shape index (κ3) is 2.29. The van der Waals surface area contributed by atoms with Gasteiger partial charge in [-0.3, -0.25) is 0 Å². The van der Waals surface area contributed by atoms with Gasteiger partial charge in [0.05, 0.1) is 11.3 Å². The van der Waals surface area contributed by atoms with Gasteiger partial charge in [0, 0.05) is 16.8 Å². The normalized spacial score (nSPS) is 10.2. The van der Waals surface area contributed by atoms with Gasteiger partial charge >= 0.3 is 0 Å². The van der Waals surface area contributed by atoms with E-state index in [2.05, 4.69) is 11.2 Å². The Morgan fingerprint density at radius 3 is 2.35 bits per heavy atom. The highest BCUT2D eigenvalue weighted by molar-refractivity contribution is 6.30. The summed E-state index contributed by atoms with van der Waals surface area (Å²) in [6, 6.07) is 19.2. The highest BCUT2D eigenvalue weighted by Gasteiger charge is 2.11. The lowest BCUT2D eigenvalue weighted by Gasteiger charge is -2.00. The lowest BCUT2D eigenvalue weighted by Crippen LogP contribution is -1.93. The fraction of sp³-hybridized carbons (Fsp3) is 0. The van der Waals surface area contributed by atoms with Gasteiger partial charge in [0.1, 0.15) is 11.8 Å². The largest absolute Gasteiger partial charge is 0.239 e. The predicted octanol–water partition coefficient (Wildman–Crippen LogP) is 4.06. The molecule has 0 amide bonds. The zero-order valence-electron chi connectivity index (χ0n) is 10.5. The number of nitrogens with zero attached hydrogens (tertiary/aromatic N) is 3. The maximum absolute atomic E-state index is 9.27. The van der Waals surface area contributed by atoms with Gasteiger partial charge in [-0.25, -0.2) is 4.68 Å². The number of aromatic nitrogens is 2. The van der Waals surface area contributed by atoms with E-state index in [-0.39, 0.29) is 0 Å². The lowest BCUT2D eigenvalue weighted by molar-refractivity contribution is 0.884. The summed E-state index contributed by atoms with van der Waals surface area (Å²) < 4.78 is 1.71. The van der Waals surface area contributed by atoms with Gasteiger partial charge in [-0.1, -0.05) is 41.9 Å². The molecule has 1 heterocycles. The average molecular weight is 280 g/mol. The molecule has 0 fully saturated rings. The standard InChI is InChI=1S/C16H10ClN3/c17-14-8-6-12(7-9-14)16-13(10-18)11-20(19-16)15-4-2-1-3-5-15/h1-9,11H. The second-order valence-electron chi connectivity index (χ2n) is 4.29. The Hall–Kier alpha value is -2.57. The third-order valence-corrected chi connectivity index (χ3v) is 3.23. The van der Waals surface area contributed by atoms with Crippen molar-refractivity contribution in [3.63, 3.8) is 0 Å². The summed E-state index contributed by atoms with van der Waals surface area (Å²) in [5, 5.41) is 14.4. The maximum Gasteiger partial charge on any atom is 0.111 e. The quantitative estimate of drug-likeness (QED) is 0.710. The van der Waals surface area contributed by atoms with E-state index in [9.17, 15) is 5.26 Å². The van der Waals surface area contributed by atoms with E-state index in [0.717, 1.165) is 11.3 Å². The molecule has 4 heteroatoms. The smallest absolute Gasteiger partial charge is 0.111 e. The van der Waals surface area contributed by atoms with Gasteiger partial charge in [0.25, 0.3) is 0 Å². The number of hydrogen-bond acceptors (Lipinski definition) is 2. The summed E-state index contributed by atoms with van der Waals surface area (Å²) in [4.78, 5) is 0. The number of benzene rings is 2. The van der Waals surface area contributed by atoms with E-state index in [4.69, 9.17) is 11.6 Å². The van der Waals surface area contributed by atoms with Crippen molar-refractivity contribution in [2.75, 3.05) is 0 Å². The Morgan fingerprint density at radius 1 is 1.00 bits per heavy atom. The molecule has 0 radical (unpaired) electrons. The van der Waals surface area contributed by atoms with Crippen LogP contribution in [0.5, 0.6) is 0 Å². The van der Waals surface area contributed by atoms with Crippen molar-refractivity contribution in [3.8, 4) is 23.0 Å². The van der Waals surface area contributed by atoms with Crippen LogP contribution in [-0.2, 0) is 0 Å². The van der Waals surface area contributed by atoms with Gasteiger partial charge in [-0.2, -0.15) is 10.4 Å². The first-order chi connectivity index (χ1) is 9.78. The minimum Gasteiger partial charge on any atom is -0.239 e. The topological polar surface area (TPSA) is 41.6 Å². The molecular formula is C16H10ClN3. The molecule has 0 saturated carbocycles. The van der Waals surface area contributed by atoms with Crippen molar-refractivity contribution >= 4 is 11.6 Å². The van der Waals surface area contributed by atoms with Crippen LogP contribution < -0.4 is 0 Å². The van der Waals surface area contributed by atoms with Gasteiger partial charge < -0.3 is 0 Å². The van der Waals surface area contributed by atoms with Crippen molar-refractivity contribution in [1.29, 1.82) is 5.26 Å². The maximum atomic E-state index is 9.27. The Labute approximate surface area is 121 Å². The molecule has 1 aromatic heterocycles. The SMILES string of the molecule is N#Cc1cn(-c2ccccc2)nc1-c1ccc(Cl)cc1. The third-order valence-electron chi connectivity index (χ3n) is 2.97. The van der Waals surface area contributed by atoms with Crippen LogP contribution in [0.15, 0.2) is 60.8 Å². The summed E-state index contributed by atoms with van der Waals surface area (Å²) in [6.07, 6.45) is 1.74. The summed E-state index contributed by atoms with van der Waals surface area (Å²) in [5.74, 6) is 0.